The molecule has 3 aromatic rings. The molecule has 5 rings (SSSR count). The van der Waals surface area contributed by atoms with Gasteiger partial charge in [-0.05, 0) is 76.1 Å². The first kappa shape index (κ1) is 21.9. The molecular weight excluding hydrogens is 412 g/mol. The predicted molar refractivity (Wildman–Crippen MR) is 131 cm³/mol. The molecule has 1 saturated carbocycles. The number of carbonyl (C=O) groups is 1. The normalized spacial score (nSPS) is 18.3. The van der Waals surface area contributed by atoms with Gasteiger partial charge in [-0.1, -0.05) is 36.4 Å². The molecule has 2 aliphatic rings. The lowest BCUT2D eigenvalue weighted by Gasteiger charge is -2.41. The van der Waals surface area contributed by atoms with Gasteiger partial charge >= 0.3 is 6.09 Å². The fourth-order valence-electron chi connectivity index (χ4n) is 4.74. The molecule has 1 amide bonds. The van der Waals surface area contributed by atoms with Gasteiger partial charge in [-0.15, -0.1) is 0 Å². The van der Waals surface area contributed by atoms with E-state index in [0.29, 0.717) is 12.6 Å². The number of amides is 1. The van der Waals surface area contributed by atoms with Gasteiger partial charge in [0.15, 0.2) is 0 Å². The van der Waals surface area contributed by atoms with Crippen LogP contribution in [0.15, 0.2) is 48.7 Å². The molecule has 0 unspecified atom stereocenters. The number of carbonyl (C=O) groups excluding carboxylic acids is 1. The minimum atomic E-state index is -0.477. The maximum atomic E-state index is 12.7. The first-order valence-electron chi connectivity index (χ1n) is 12.1. The molecule has 174 valence electrons. The zero-order chi connectivity index (χ0) is 23.2. The van der Waals surface area contributed by atoms with Crippen LogP contribution >= 0.6 is 0 Å². The summed E-state index contributed by atoms with van der Waals surface area (Å²) in [6.45, 7) is 9.24. The highest BCUT2D eigenvalue weighted by molar-refractivity contribution is 5.92. The van der Waals surface area contributed by atoms with E-state index in [1.165, 1.54) is 34.9 Å². The van der Waals surface area contributed by atoms with Crippen molar-refractivity contribution < 1.29 is 14.3 Å². The third-order valence-corrected chi connectivity index (χ3v) is 6.62. The first-order valence-corrected chi connectivity index (χ1v) is 12.1. The van der Waals surface area contributed by atoms with Crippen molar-refractivity contribution in [2.75, 3.05) is 6.54 Å². The van der Waals surface area contributed by atoms with Crippen LogP contribution in [-0.2, 0) is 17.8 Å². The molecule has 5 heteroatoms. The molecule has 0 N–H and O–H groups in total. The topological polar surface area (TPSA) is 43.7 Å². The first-order chi connectivity index (χ1) is 15.8. The second kappa shape index (κ2) is 8.44. The Morgan fingerprint density at radius 1 is 1.06 bits per heavy atom. The Balaban J connectivity index is 1.45. The van der Waals surface area contributed by atoms with E-state index in [1.54, 1.807) is 0 Å². The minimum Gasteiger partial charge on any atom is -0.488 e. The van der Waals surface area contributed by atoms with Crippen molar-refractivity contribution in [2.24, 2.45) is 0 Å². The van der Waals surface area contributed by atoms with E-state index >= 15 is 0 Å². The zero-order valence-corrected chi connectivity index (χ0v) is 20.1. The SMILES string of the molecule is Cc1ccc(OCc2ccccc2)c2c(C[C@@H]3CCN3C(=O)OC(C)(C)C)cn(C3CC3)c12. The van der Waals surface area contributed by atoms with Gasteiger partial charge in [0.1, 0.15) is 18.0 Å². The van der Waals surface area contributed by atoms with E-state index in [2.05, 4.69) is 42.0 Å². The summed E-state index contributed by atoms with van der Waals surface area (Å²) in [6, 6.07) is 15.3. The van der Waals surface area contributed by atoms with Crippen LogP contribution in [0.3, 0.4) is 0 Å². The Morgan fingerprint density at radius 3 is 2.45 bits per heavy atom. The van der Waals surface area contributed by atoms with Gasteiger partial charge in [0.25, 0.3) is 0 Å². The van der Waals surface area contributed by atoms with E-state index in [4.69, 9.17) is 9.47 Å². The van der Waals surface area contributed by atoms with Crippen molar-refractivity contribution in [1.82, 2.24) is 9.47 Å². The molecule has 33 heavy (non-hydrogen) atoms. The maximum absolute atomic E-state index is 12.7. The molecular formula is C28H34N2O3. The summed E-state index contributed by atoms with van der Waals surface area (Å²) in [5, 5.41) is 1.20. The van der Waals surface area contributed by atoms with E-state index in [9.17, 15) is 4.79 Å². The molecule has 0 radical (unpaired) electrons. The summed E-state index contributed by atoms with van der Waals surface area (Å²) in [6.07, 6.45) is 6.38. The van der Waals surface area contributed by atoms with Crippen LogP contribution in [0.4, 0.5) is 4.79 Å². The van der Waals surface area contributed by atoms with Crippen molar-refractivity contribution in [3.05, 3.63) is 65.4 Å². The average Bonchev–Trinajstić information content (AvgIpc) is 3.51. The summed E-state index contributed by atoms with van der Waals surface area (Å²) >= 11 is 0. The summed E-state index contributed by atoms with van der Waals surface area (Å²) < 4.78 is 14.5. The van der Waals surface area contributed by atoms with E-state index in [0.717, 1.165) is 30.7 Å². The van der Waals surface area contributed by atoms with Crippen LogP contribution in [0, 0.1) is 6.92 Å². The van der Waals surface area contributed by atoms with Gasteiger partial charge in [-0.25, -0.2) is 4.79 Å². The predicted octanol–water partition coefficient (Wildman–Crippen LogP) is 6.42. The highest BCUT2D eigenvalue weighted by atomic mass is 16.6. The van der Waals surface area contributed by atoms with Crippen LogP contribution in [0.5, 0.6) is 5.75 Å². The second-order valence-electron chi connectivity index (χ2n) is 10.5. The molecule has 2 fully saturated rings. The summed E-state index contributed by atoms with van der Waals surface area (Å²) in [4.78, 5) is 14.6. The minimum absolute atomic E-state index is 0.167. The molecule has 0 spiro atoms. The summed E-state index contributed by atoms with van der Waals surface area (Å²) in [5.41, 5.74) is 4.50. The monoisotopic (exact) mass is 446 g/mol. The van der Waals surface area contributed by atoms with Crippen LogP contribution in [-0.4, -0.2) is 33.7 Å². The number of fused-ring (bicyclic) bond motifs is 1. The van der Waals surface area contributed by atoms with Crippen molar-refractivity contribution in [2.45, 2.75) is 77.7 Å². The Morgan fingerprint density at radius 2 is 1.82 bits per heavy atom. The van der Waals surface area contributed by atoms with Crippen molar-refractivity contribution in [3.63, 3.8) is 0 Å². The molecule has 1 aromatic heterocycles. The Hall–Kier alpha value is -2.95. The third-order valence-electron chi connectivity index (χ3n) is 6.62. The lowest BCUT2D eigenvalue weighted by Crippen LogP contribution is -2.53. The lowest BCUT2D eigenvalue weighted by molar-refractivity contribution is -0.00494. The molecule has 2 heterocycles. The molecule has 0 bridgehead atoms. The molecule has 5 nitrogen and oxygen atoms in total. The van der Waals surface area contributed by atoms with Crippen molar-refractivity contribution in [3.8, 4) is 5.75 Å². The smallest absolute Gasteiger partial charge is 0.410 e. The zero-order valence-electron chi connectivity index (χ0n) is 20.1. The third kappa shape index (κ3) is 4.59. The highest BCUT2D eigenvalue weighted by Crippen LogP contribution is 2.43. The number of hydrogen-bond acceptors (Lipinski definition) is 3. The number of rotatable bonds is 6. The van der Waals surface area contributed by atoms with Gasteiger partial charge in [-0.3, -0.25) is 0 Å². The number of aromatic nitrogens is 1. The van der Waals surface area contributed by atoms with Gasteiger partial charge in [-0.2, -0.15) is 0 Å². The fourth-order valence-corrected chi connectivity index (χ4v) is 4.74. The number of likely N-dealkylation sites (tertiary alicyclic amines) is 1. The Bertz CT molecular complexity index is 1160. The maximum Gasteiger partial charge on any atom is 0.410 e. The molecule has 1 aliphatic carbocycles. The quantitative estimate of drug-likeness (QED) is 0.439. The van der Waals surface area contributed by atoms with Gasteiger partial charge in [0.05, 0.1) is 5.52 Å². The lowest BCUT2D eigenvalue weighted by atomic mass is 9.95. The number of ether oxygens (including phenoxy) is 2. The van der Waals surface area contributed by atoms with Gasteiger partial charge in [0, 0.05) is 30.2 Å². The van der Waals surface area contributed by atoms with Gasteiger partial charge in [0.2, 0.25) is 0 Å². The Kier molecular flexibility index (Phi) is 5.59. The van der Waals surface area contributed by atoms with E-state index in [1.807, 2.05) is 43.9 Å². The van der Waals surface area contributed by atoms with Gasteiger partial charge < -0.3 is 18.9 Å². The Labute approximate surface area is 196 Å². The molecule has 2 aromatic carbocycles. The average molecular weight is 447 g/mol. The molecule has 1 atom stereocenters. The van der Waals surface area contributed by atoms with Crippen LogP contribution in [0.2, 0.25) is 0 Å². The fraction of sp³-hybridized carbons (Fsp3) is 0.464. The number of benzene rings is 2. The molecule has 1 saturated heterocycles. The second-order valence-corrected chi connectivity index (χ2v) is 10.5. The molecule has 1 aliphatic heterocycles. The van der Waals surface area contributed by atoms with Crippen LogP contribution in [0.1, 0.15) is 62.8 Å². The number of nitrogens with zero attached hydrogens (tertiary/aromatic N) is 2. The van der Waals surface area contributed by atoms with Crippen molar-refractivity contribution in [1.29, 1.82) is 0 Å². The van der Waals surface area contributed by atoms with Crippen LogP contribution in [0.25, 0.3) is 10.9 Å². The summed E-state index contributed by atoms with van der Waals surface area (Å²) in [5.74, 6) is 0.928. The van der Waals surface area contributed by atoms with Crippen LogP contribution < -0.4 is 4.74 Å². The standard InChI is InChI=1S/C28H34N2O3/c1-19-10-13-24(32-18-20-8-6-5-7-9-20)25-21(17-30(26(19)25)22-11-12-22)16-23-14-15-29(23)27(31)33-28(2,3)4/h5-10,13,17,22-23H,11-12,14-16,18H2,1-4H3/t23-/m0/s1. The van der Waals surface area contributed by atoms with Crippen molar-refractivity contribution >= 4 is 17.0 Å². The largest absolute Gasteiger partial charge is 0.488 e. The highest BCUT2D eigenvalue weighted by Gasteiger charge is 2.36. The van der Waals surface area contributed by atoms with E-state index < -0.39 is 5.60 Å². The number of aryl methyl sites for hydroxylation is 1. The number of hydrogen-bond donors (Lipinski definition) is 0. The van der Waals surface area contributed by atoms with E-state index in [-0.39, 0.29) is 12.1 Å². The summed E-state index contributed by atoms with van der Waals surface area (Å²) in [7, 11) is 0.